The van der Waals surface area contributed by atoms with Crippen LogP contribution in [0.4, 0.5) is 0 Å². The number of nitrogens with one attached hydrogen (secondary N) is 1. The van der Waals surface area contributed by atoms with Gasteiger partial charge in [0.05, 0.1) is 5.22 Å². The normalized spacial score (nSPS) is 17.4. The van der Waals surface area contributed by atoms with Gasteiger partial charge in [0.15, 0.2) is 0 Å². The third kappa shape index (κ3) is 4.01. The van der Waals surface area contributed by atoms with Gasteiger partial charge < -0.3 is 5.21 Å². The maximum Gasteiger partial charge on any atom is 0.140 e. The minimum atomic E-state index is -1.81. The van der Waals surface area contributed by atoms with Gasteiger partial charge in [0.1, 0.15) is 6.54 Å². The van der Waals surface area contributed by atoms with Gasteiger partial charge >= 0.3 is 0 Å². The third-order valence-electron chi connectivity index (χ3n) is 0.759. The van der Waals surface area contributed by atoms with Crippen LogP contribution < -0.4 is 0 Å². The highest BCUT2D eigenvalue weighted by Crippen LogP contribution is 2.04. The van der Waals surface area contributed by atoms with E-state index in [2.05, 4.69) is 5.22 Å². The number of quaternary nitrogens is 1. The summed E-state index contributed by atoms with van der Waals surface area (Å²) in [5, 5.41) is 21.4. The van der Waals surface area contributed by atoms with Crippen LogP contribution >= 0.6 is 0 Å². The lowest BCUT2D eigenvalue weighted by Crippen LogP contribution is -2.34. The monoisotopic (exact) mass is 133 g/mol. The Balaban J connectivity index is 3.71. The Morgan fingerprint density at radius 2 is 2.22 bits per heavy atom. The molecule has 0 aromatic rings. The molecule has 0 saturated heterocycles. The zero-order valence-corrected chi connectivity index (χ0v) is 5.53. The second-order valence-electron chi connectivity index (χ2n) is 2.34. The topological polar surface area (TPSA) is 79.5 Å². The first kappa shape index (κ1) is 8.48. The molecule has 54 valence electrons. The summed E-state index contributed by atoms with van der Waals surface area (Å²) in [6.07, 6.45) is 0. The first-order valence-electron chi connectivity index (χ1n) is 2.69. The van der Waals surface area contributed by atoms with E-state index in [1.165, 1.54) is 0 Å². The molecule has 0 radical (unpaired) electrons. The molecule has 5 nitrogen and oxygen atoms in total. The molecule has 0 saturated carbocycles. The fourth-order valence-electron chi connectivity index (χ4n) is 0.516. The third-order valence-corrected chi connectivity index (χ3v) is 0.759. The molecule has 0 heterocycles. The van der Waals surface area contributed by atoms with Crippen molar-refractivity contribution < 1.29 is 10.1 Å². The SMILES string of the molecule is CC(C)C[N+]([O-])(O)N=N. The zero-order chi connectivity index (χ0) is 7.49. The Bertz CT molecular complexity index is 102. The van der Waals surface area contributed by atoms with Gasteiger partial charge in [-0.3, -0.25) is 0 Å². The summed E-state index contributed by atoms with van der Waals surface area (Å²) < 4.78 is 0. The van der Waals surface area contributed by atoms with E-state index in [1.54, 1.807) is 13.8 Å². The molecule has 0 aliphatic heterocycles. The van der Waals surface area contributed by atoms with Gasteiger partial charge in [-0.2, -0.15) is 10.7 Å². The van der Waals surface area contributed by atoms with Gasteiger partial charge in [0, 0.05) is 5.92 Å². The van der Waals surface area contributed by atoms with Gasteiger partial charge in [-0.25, -0.2) is 0 Å². The maximum atomic E-state index is 10.4. The van der Waals surface area contributed by atoms with Crippen LogP contribution in [-0.4, -0.2) is 16.7 Å². The fraction of sp³-hybridized carbons (Fsp3) is 1.00. The first-order valence-corrected chi connectivity index (χ1v) is 2.69. The Kier molecular flexibility index (Phi) is 2.69. The molecule has 0 bridgehead atoms. The second kappa shape index (κ2) is 2.86. The predicted octanol–water partition coefficient (Wildman–Crippen LogP) is 1.29. The van der Waals surface area contributed by atoms with E-state index in [-0.39, 0.29) is 12.5 Å². The molecule has 5 heteroatoms. The summed E-state index contributed by atoms with van der Waals surface area (Å²) in [5.41, 5.74) is 6.23. The largest absolute Gasteiger partial charge is 0.569 e. The maximum absolute atomic E-state index is 10.4. The van der Waals surface area contributed by atoms with Crippen molar-refractivity contribution in [3.8, 4) is 0 Å². The Morgan fingerprint density at radius 1 is 1.78 bits per heavy atom. The van der Waals surface area contributed by atoms with E-state index in [4.69, 9.17) is 10.7 Å². The van der Waals surface area contributed by atoms with E-state index in [0.717, 1.165) is 0 Å². The van der Waals surface area contributed by atoms with Crippen LogP contribution in [0.1, 0.15) is 13.8 Å². The minimum Gasteiger partial charge on any atom is -0.569 e. The van der Waals surface area contributed by atoms with Crippen molar-refractivity contribution in [3.63, 3.8) is 0 Å². The van der Waals surface area contributed by atoms with Crippen LogP contribution in [0.2, 0.25) is 0 Å². The van der Waals surface area contributed by atoms with Crippen LogP contribution in [0, 0.1) is 16.7 Å². The van der Waals surface area contributed by atoms with Crippen LogP contribution in [0.15, 0.2) is 5.22 Å². The second-order valence-corrected chi connectivity index (χ2v) is 2.34. The standard InChI is InChI=1S/C4H11N3O2/c1-4(2)3-7(8,9)6-5/h4-5,8H,3H2,1-2H3. The fourth-order valence-corrected chi connectivity index (χ4v) is 0.516. The smallest absolute Gasteiger partial charge is 0.140 e. The van der Waals surface area contributed by atoms with Crippen molar-refractivity contribution in [2.75, 3.05) is 6.54 Å². The van der Waals surface area contributed by atoms with Gasteiger partial charge in [0.25, 0.3) is 0 Å². The molecule has 0 aromatic heterocycles. The van der Waals surface area contributed by atoms with Gasteiger partial charge in [-0.05, 0) is 0 Å². The number of nitrogens with zero attached hydrogens (tertiary/aromatic N) is 2. The van der Waals surface area contributed by atoms with Crippen molar-refractivity contribution in [1.82, 2.24) is 0 Å². The molecule has 0 aliphatic rings. The van der Waals surface area contributed by atoms with E-state index in [9.17, 15) is 5.21 Å². The Labute approximate surface area is 53.5 Å². The highest BCUT2D eigenvalue weighted by molar-refractivity contribution is 4.37. The predicted molar refractivity (Wildman–Crippen MR) is 30.3 cm³/mol. The summed E-state index contributed by atoms with van der Waals surface area (Å²) in [7, 11) is 0. The average Bonchev–Trinajstić information content (AvgIpc) is 1.63. The van der Waals surface area contributed by atoms with Crippen LogP contribution in [0.3, 0.4) is 0 Å². The number of hydrogen-bond acceptors (Lipinski definition) is 4. The van der Waals surface area contributed by atoms with Crippen molar-refractivity contribution in [3.05, 3.63) is 5.21 Å². The summed E-state index contributed by atoms with van der Waals surface area (Å²) in [6.45, 7) is 3.47. The lowest BCUT2D eigenvalue weighted by atomic mass is 10.2. The number of hydroxylamine groups is 2. The van der Waals surface area contributed by atoms with Crippen molar-refractivity contribution >= 4 is 0 Å². The summed E-state index contributed by atoms with van der Waals surface area (Å²) in [5.74, 6) is 0.0431. The van der Waals surface area contributed by atoms with Gasteiger partial charge in [-0.1, -0.05) is 18.8 Å². The molecule has 9 heavy (non-hydrogen) atoms. The highest BCUT2D eigenvalue weighted by atomic mass is 16.9. The van der Waals surface area contributed by atoms with Crippen molar-refractivity contribution in [1.29, 1.82) is 5.53 Å². The van der Waals surface area contributed by atoms with E-state index in [1.807, 2.05) is 0 Å². The lowest BCUT2D eigenvalue weighted by molar-refractivity contribution is -1.08. The average molecular weight is 133 g/mol. The van der Waals surface area contributed by atoms with E-state index < -0.39 is 4.92 Å². The molecule has 1 unspecified atom stereocenters. The van der Waals surface area contributed by atoms with Crippen LogP contribution in [0.25, 0.3) is 0 Å². The molecule has 0 aromatic carbocycles. The van der Waals surface area contributed by atoms with E-state index >= 15 is 0 Å². The van der Waals surface area contributed by atoms with Crippen LogP contribution in [-0.2, 0) is 0 Å². The zero-order valence-electron chi connectivity index (χ0n) is 5.53. The van der Waals surface area contributed by atoms with Gasteiger partial charge in [0.2, 0.25) is 0 Å². The number of hydrogen-bond donors (Lipinski definition) is 2. The molecule has 0 amide bonds. The first-order chi connectivity index (χ1) is 3.98. The molecule has 0 rings (SSSR count). The molecule has 0 fully saturated rings. The summed E-state index contributed by atoms with van der Waals surface area (Å²) >= 11 is 0. The molecule has 0 spiro atoms. The minimum absolute atomic E-state index is 0.0431. The highest BCUT2D eigenvalue weighted by Gasteiger charge is 2.13. The van der Waals surface area contributed by atoms with Crippen LogP contribution in [0.5, 0.6) is 0 Å². The van der Waals surface area contributed by atoms with Crippen molar-refractivity contribution in [2.45, 2.75) is 13.8 Å². The number of rotatable bonds is 3. The molecule has 1 atom stereocenters. The molecular weight excluding hydrogens is 122 g/mol. The Hall–Kier alpha value is -0.520. The Morgan fingerprint density at radius 3 is 2.33 bits per heavy atom. The summed E-state index contributed by atoms with van der Waals surface area (Å²) in [6, 6.07) is 0. The molecule has 0 aliphatic carbocycles. The lowest BCUT2D eigenvalue weighted by Gasteiger charge is -2.24. The van der Waals surface area contributed by atoms with Gasteiger partial charge in [-0.15, -0.1) is 0 Å². The molecular formula is C4H11N3O2. The van der Waals surface area contributed by atoms with E-state index in [0.29, 0.717) is 0 Å². The quantitative estimate of drug-likeness (QED) is 0.345. The molecule has 2 N–H and O–H groups in total. The van der Waals surface area contributed by atoms with Crippen molar-refractivity contribution in [2.24, 2.45) is 11.1 Å². The summed E-state index contributed by atoms with van der Waals surface area (Å²) in [4.78, 5) is -1.81.